The fraction of sp³-hybridized carbons (Fsp3) is 0.276. The largest absolute Gasteiger partial charge is 0.507 e. The minimum absolute atomic E-state index is 0.0403. The fourth-order valence-electron chi connectivity index (χ4n) is 4.26. The molecule has 1 aliphatic heterocycles. The molecule has 2 heterocycles. The lowest BCUT2D eigenvalue weighted by atomic mass is 9.94. The summed E-state index contributed by atoms with van der Waals surface area (Å²) in [5, 5.41) is 11.5. The Morgan fingerprint density at radius 3 is 2.51 bits per heavy atom. The second-order valence-corrected chi connectivity index (χ2v) is 9.13. The zero-order valence-corrected chi connectivity index (χ0v) is 21.3. The number of aromatic nitrogens is 1. The second-order valence-electron chi connectivity index (χ2n) is 9.13. The molecular weight excluding hydrogens is 472 g/mol. The van der Waals surface area contributed by atoms with Gasteiger partial charge in [0, 0.05) is 18.9 Å². The molecule has 1 amide bonds. The van der Waals surface area contributed by atoms with Crippen LogP contribution in [0.25, 0.3) is 5.76 Å². The number of carbonyl (C=O) groups is 2. The molecule has 8 heteroatoms. The molecule has 0 spiro atoms. The number of ether oxygens (including phenoxy) is 3. The minimum Gasteiger partial charge on any atom is -0.507 e. The number of pyridine rings is 1. The van der Waals surface area contributed by atoms with E-state index in [0.29, 0.717) is 35.3 Å². The van der Waals surface area contributed by atoms with Gasteiger partial charge in [-0.3, -0.25) is 14.6 Å². The monoisotopic (exact) mass is 502 g/mol. The molecule has 8 nitrogen and oxygen atoms in total. The van der Waals surface area contributed by atoms with Crippen molar-refractivity contribution in [2.45, 2.75) is 26.4 Å². The highest BCUT2D eigenvalue weighted by Gasteiger charge is 2.46. The van der Waals surface area contributed by atoms with Gasteiger partial charge in [0.05, 0.1) is 38.0 Å². The van der Waals surface area contributed by atoms with E-state index < -0.39 is 17.7 Å². The normalized spacial score (nSPS) is 16.8. The molecule has 1 saturated heterocycles. The first-order valence-corrected chi connectivity index (χ1v) is 12.0. The maximum absolute atomic E-state index is 13.4. The molecule has 1 aliphatic rings. The van der Waals surface area contributed by atoms with Gasteiger partial charge in [-0.15, -0.1) is 0 Å². The van der Waals surface area contributed by atoms with E-state index in [9.17, 15) is 14.7 Å². The number of benzene rings is 2. The summed E-state index contributed by atoms with van der Waals surface area (Å²) < 4.78 is 16.7. The number of Topliss-reactive ketones (excluding diaryl/α,β-unsaturated/α-hetero) is 1. The smallest absolute Gasteiger partial charge is 0.295 e. The highest BCUT2D eigenvalue weighted by Crippen LogP contribution is 2.43. The van der Waals surface area contributed by atoms with E-state index in [1.807, 2.05) is 32.0 Å². The lowest BCUT2D eigenvalue weighted by Crippen LogP contribution is -2.29. The predicted octanol–water partition coefficient (Wildman–Crippen LogP) is 4.76. The van der Waals surface area contributed by atoms with Gasteiger partial charge in [0.1, 0.15) is 23.0 Å². The Balaban J connectivity index is 1.88. The summed E-state index contributed by atoms with van der Waals surface area (Å²) in [6.07, 6.45) is 3.28. The van der Waals surface area contributed by atoms with Gasteiger partial charge in [0.15, 0.2) is 0 Å². The van der Waals surface area contributed by atoms with E-state index in [0.717, 1.165) is 5.56 Å². The second kappa shape index (κ2) is 11.2. The van der Waals surface area contributed by atoms with Crippen molar-refractivity contribution in [1.29, 1.82) is 0 Å². The quantitative estimate of drug-likeness (QED) is 0.256. The Morgan fingerprint density at radius 2 is 1.84 bits per heavy atom. The number of amides is 1. The summed E-state index contributed by atoms with van der Waals surface area (Å²) >= 11 is 0. The van der Waals surface area contributed by atoms with Crippen molar-refractivity contribution >= 4 is 17.4 Å². The Hall–Kier alpha value is -4.33. The highest BCUT2D eigenvalue weighted by atomic mass is 16.5. The highest BCUT2D eigenvalue weighted by molar-refractivity contribution is 6.46. The van der Waals surface area contributed by atoms with Crippen molar-refractivity contribution in [3.63, 3.8) is 0 Å². The van der Waals surface area contributed by atoms with Gasteiger partial charge in [-0.1, -0.05) is 32.0 Å². The van der Waals surface area contributed by atoms with Crippen LogP contribution >= 0.6 is 0 Å². The SMILES string of the molecule is COc1ccc(OC)c(/C(O)=C2\C(=O)C(=O)N(Cc3cccnc3)C2c2cccc(OCC(C)C)c2)c1. The third-order valence-corrected chi connectivity index (χ3v) is 6.03. The third-order valence-electron chi connectivity index (χ3n) is 6.03. The summed E-state index contributed by atoms with van der Waals surface area (Å²) in [6, 6.07) is 14.9. The maximum atomic E-state index is 13.4. The van der Waals surface area contributed by atoms with Crippen molar-refractivity contribution < 1.29 is 28.9 Å². The van der Waals surface area contributed by atoms with Crippen LogP contribution in [0.3, 0.4) is 0 Å². The van der Waals surface area contributed by atoms with E-state index in [1.54, 1.807) is 48.8 Å². The first kappa shape index (κ1) is 25.8. The number of hydrogen-bond donors (Lipinski definition) is 1. The number of ketones is 1. The van der Waals surface area contributed by atoms with Crippen LogP contribution in [0.1, 0.15) is 36.6 Å². The first-order chi connectivity index (χ1) is 17.8. The maximum Gasteiger partial charge on any atom is 0.295 e. The first-order valence-electron chi connectivity index (χ1n) is 12.0. The molecule has 1 aromatic heterocycles. The lowest BCUT2D eigenvalue weighted by molar-refractivity contribution is -0.140. The van der Waals surface area contributed by atoms with Gasteiger partial charge < -0.3 is 24.2 Å². The van der Waals surface area contributed by atoms with E-state index in [2.05, 4.69) is 4.98 Å². The number of aliphatic hydroxyl groups excluding tert-OH is 1. The lowest BCUT2D eigenvalue weighted by Gasteiger charge is -2.26. The average molecular weight is 503 g/mol. The molecule has 3 aromatic rings. The Labute approximate surface area is 216 Å². The van der Waals surface area contributed by atoms with Gasteiger partial charge in [-0.05, 0) is 53.4 Å². The number of methoxy groups -OCH3 is 2. The van der Waals surface area contributed by atoms with Crippen molar-refractivity contribution in [2.24, 2.45) is 5.92 Å². The Bertz CT molecular complexity index is 1320. The summed E-state index contributed by atoms with van der Waals surface area (Å²) in [5.41, 5.74) is 1.59. The summed E-state index contributed by atoms with van der Waals surface area (Å²) in [6.45, 7) is 4.74. The molecule has 1 unspecified atom stereocenters. The van der Waals surface area contributed by atoms with Gasteiger partial charge in [0.25, 0.3) is 11.7 Å². The van der Waals surface area contributed by atoms with Crippen LogP contribution in [-0.4, -0.2) is 47.5 Å². The van der Waals surface area contributed by atoms with E-state index in [-0.39, 0.29) is 23.4 Å². The third kappa shape index (κ3) is 5.43. The van der Waals surface area contributed by atoms with Crippen molar-refractivity contribution in [2.75, 3.05) is 20.8 Å². The summed E-state index contributed by atoms with van der Waals surface area (Å²) in [4.78, 5) is 32.3. The van der Waals surface area contributed by atoms with Crippen LogP contribution < -0.4 is 14.2 Å². The van der Waals surface area contributed by atoms with E-state index in [4.69, 9.17) is 14.2 Å². The van der Waals surface area contributed by atoms with Gasteiger partial charge in [0.2, 0.25) is 0 Å². The molecule has 37 heavy (non-hydrogen) atoms. The predicted molar refractivity (Wildman–Crippen MR) is 138 cm³/mol. The van der Waals surface area contributed by atoms with Crippen LogP contribution in [0.15, 0.2) is 72.6 Å². The zero-order valence-electron chi connectivity index (χ0n) is 21.3. The van der Waals surface area contributed by atoms with Crippen LogP contribution in [0.5, 0.6) is 17.2 Å². The average Bonchev–Trinajstić information content (AvgIpc) is 3.16. The minimum atomic E-state index is -0.862. The molecule has 0 aliphatic carbocycles. The van der Waals surface area contributed by atoms with E-state index in [1.165, 1.54) is 19.1 Å². The number of aliphatic hydroxyl groups is 1. The molecule has 1 N–H and O–H groups in total. The number of carbonyl (C=O) groups excluding carboxylic acids is 2. The van der Waals surface area contributed by atoms with Gasteiger partial charge >= 0.3 is 0 Å². The molecule has 2 aromatic carbocycles. The number of nitrogens with zero attached hydrogens (tertiary/aromatic N) is 2. The van der Waals surface area contributed by atoms with Crippen LogP contribution in [-0.2, 0) is 16.1 Å². The van der Waals surface area contributed by atoms with Gasteiger partial charge in [-0.2, -0.15) is 0 Å². The molecule has 1 fully saturated rings. The topological polar surface area (TPSA) is 98.2 Å². The number of likely N-dealkylation sites (tertiary alicyclic amines) is 1. The Kier molecular flexibility index (Phi) is 7.77. The fourth-order valence-corrected chi connectivity index (χ4v) is 4.26. The van der Waals surface area contributed by atoms with Crippen LogP contribution in [0, 0.1) is 5.92 Å². The van der Waals surface area contributed by atoms with E-state index >= 15 is 0 Å². The molecule has 1 atom stereocenters. The molecule has 0 radical (unpaired) electrons. The van der Waals surface area contributed by atoms with Crippen molar-refractivity contribution in [3.05, 3.63) is 89.3 Å². The molecule has 192 valence electrons. The number of hydrogen-bond acceptors (Lipinski definition) is 7. The summed E-state index contributed by atoms with van der Waals surface area (Å²) in [7, 11) is 2.97. The van der Waals surface area contributed by atoms with Crippen molar-refractivity contribution in [1.82, 2.24) is 9.88 Å². The zero-order chi connectivity index (χ0) is 26.5. The van der Waals surface area contributed by atoms with Gasteiger partial charge in [-0.25, -0.2) is 0 Å². The molecule has 0 bridgehead atoms. The Morgan fingerprint density at radius 1 is 1.03 bits per heavy atom. The van der Waals surface area contributed by atoms with Crippen molar-refractivity contribution in [3.8, 4) is 17.2 Å². The van der Waals surface area contributed by atoms with Crippen LogP contribution in [0.2, 0.25) is 0 Å². The standard InChI is InChI=1S/C29H30N2O6/c1-18(2)17-37-22-9-5-8-20(13-22)26-25(27(32)23-14-21(35-3)10-11-24(23)36-4)28(33)29(34)31(26)16-19-7-6-12-30-15-19/h5-15,18,26,32H,16-17H2,1-4H3/b27-25+. The number of rotatable bonds is 9. The molecule has 0 saturated carbocycles. The summed E-state index contributed by atoms with van der Waals surface area (Å²) in [5.74, 6) is -0.119. The molecule has 4 rings (SSSR count). The molecular formula is C29H30N2O6. The van der Waals surface area contributed by atoms with Crippen LogP contribution in [0.4, 0.5) is 0 Å².